The lowest BCUT2D eigenvalue weighted by molar-refractivity contribution is -0.112. The molecule has 0 bridgehead atoms. The topological polar surface area (TPSA) is 40.9 Å². The van der Waals surface area contributed by atoms with Crippen molar-refractivity contribution in [1.29, 1.82) is 5.41 Å². The van der Waals surface area contributed by atoms with E-state index in [4.69, 9.17) is 5.41 Å². The number of ketones is 1. The number of halogens is 1. The number of carbonyl (C=O) groups is 1. The summed E-state index contributed by atoms with van der Waals surface area (Å²) in [7, 11) is 0. The quantitative estimate of drug-likeness (QED) is 0.788. The van der Waals surface area contributed by atoms with Gasteiger partial charge in [-0.2, -0.15) is 0 Å². The number of rotatable bonds is 3. The van der Waals surface area contributed by atoms with Gasteiger partial charge in [0.25, 0.3) is 0 Å². The van der Waals surface area contributed by atoms with Gasteiger partial charge in [0, 0.05) is 10.9 Å². The predicted molar refractivity (Wildman–Crippen MR) is 51.6 cm³/mol. The fraction of sp³-hybridized carbons (Fsp3) is 0.111. The molecule has 0 amide bonds. The Morgan fingerprint density at radius 3 is 2.75 bits per heavy atom. The van der Waals surface area contributed by atoms with Crippen LogP contribution in [0.4, 0.5) is 0 Å². The molecule has 2 nitrogen and oxygen atoms in total. The number of benzene rings is 1. The van der Waals surface area contributed by atoms with E-state index < -0.39 is 0 Å². The third-order valence-electron chi connectivity index (χ3n) is 1.48. The summed E-state index contributed by atoms with van der Waals surface area (Å²) >= 11 is 3.33. The molecule has 0 atom stereocenters. The van der Waals surface area contributed by atoms with Crippen molar-refractivity contribution in [3.63, 3.8) is 0 Å². The summed E-state index contributed by atoms with van der Waals surface area (Å²) in [5.41, 5.74) is 0.922. The second-order valence-corrected chi connectivity index (χ2v) is 3.23. The first-order chi connectivity index (χ1) is 5.74. The summed E-state index contributed by atoms with van der Waals surface area (Å²) in [4.78, 5) is 10.9. The van der Waals surface area contributed by atoms with Gasteiger partial charge in [0.1, 0.15) is 0 Å². The molecule has 0 fully saturated rings. The highest BCUT2D eigenvalue weighted by Crippen LogP contribution is 2.15. The van der Waals surface area contributed by atoms with Crippen molar-refractivity contribution in [3.8, 4) is 0 Å². The van der Waals surface area contributed by atoms with Crippen LogP contribution < -0.4 is 0 Å². The van der Waals surface area contributed by atoms with Crippen LogP contribution in [0.1, 0.15) is 5.56 Å². The van der Waals surface area contributed by atoms with Gasteiger partial charge < -0.3 is 5.41 Å². The fourth-order valence-electron chi connectivity index (χ4n) is 0.880. The average Bonchev–Trinajstić information content (AvgIpc) is 2.09. The average molecular weight is 226 g/mol. The summed E-state index contributed by atoms with van der Waals surface area (Å²) in [5, 5.41) is 6.74. The number of hydrogen-bond donors (Lipinski definition) is 1. The minimum Gasteiger partial charge on any atom is -0.305 e. The minimum absolute atomic E-state index is 0.179. The van der Waals surface area contributed by atoms with Crippen molar-refractivity contribution >= 4 is 27.9 Å². The van der Waals surface area contributed by atoms with Gasteiger partial charge in [0.2, 0.25) is 0 Å². The Labute approximate surface area is 79.2 Å². The van der Waals surface area contributed by atoms with E-state index in [2.05, 4.69) is 15.9 Å². The molecule has 0 saturated carbocycles. The predicted octanol–water partition coefficient (Wildman–Crippen LogP) is 2.21. The highest BCUT2D eigenvalue weighted by Gasteiger charge is 2.02. The molecular weight excluding hydrogens is 218 g/mol. The molecule has 1 N–H and O–H groups in total. The van der Waals surface area contributed by atoms with Gasteiger partial charge in [-0.25, -0.2) is 0 Å². The van der Waals surface area contributed by atoms with Gasteiger partial charge in [-0.1, -0.05) is 34.1 Å². The van der Waals surface area contributed by atoms with Gasteiger partial charge >= 0.3 is 0 Å². The van der Waals surface area contributed by atoms with E-state index in [0.29, 0.717) is 6.42 Å². The van der Waals surface area contributed by atoms with Crippen LogP contribution in [0.5, 0.6) is 0 Å². The van der Waals surface area contributed by atoms with Gasteiger partial charge in [-0.3, -0.25) is 4.79 Å². The third-order valence-corrected chi connectivity index (χ3v) is 2.26. The largest absolute Gasteiger partial charge is 0.305 e. The van der Waals surface area contributed by atoms with Gasteiger partial charge in [0.05, 0.1) is 6.21 Å². The molecule has 1 rings (SSSR count). The summed E-state index contributed by atoms with van der Waals surface area (Å²) < 4.78 is 0.917. The van der Waals surface area contributed by atoms with E-state index in [1.807, 2.05) is 24.3 Å². The first-order valence-electron chi connectivity index (χ1n) is 3.50. The molecule has 0 aliphatic carbocycles. The second kappa shape index (κ2) is 4.16. The Morgan fingerprint density at radius 1 is 1.50 bits per heavy atom. The SMILES string of the molecule is N=CC(=O)Cc1ccccc1Br. The van der Waals surface area contributed by atoms with Gasteiger partial charge in [0.15, 0.2) is 5.78 Å². The molecular formula is C9H8BrNO. The van der Waals surface area contributed by atoms with Crippen molar-refractivity contribution < 1.29 is 4.79 Å². The van der Waals surface area contributed by atoms with Crippen molar-refractivity contribution in [3.05, 3.63) is 34.3 Å². The highest BCUT2D eigenvalue weighted by molar-refractivity contribution is 9.10. The van der Waals surface area contributed by atoms with Crippen molar-refractivity contribution in [2.45, 2.75) is 6.42 Å². The number of nitrogens with one attached hydrogen (secondary N) is 1. The number of hydrogen-bond acceptors (Lipinski definition) is 2. The molecule has 12 heavy (non-hydrogen) atoms. The fourth-order valence-corrected chi connectivity index (χ4v) is 1.31. The lowest BCUT2D eigenvalue weighted by atomic mass is 10.1. The van der Waals surface area contributed by atoms with Crippen LogP contribution in [0.25, 0.3) is 0 Å². The summed E-state index contributed by atoms with van der Waals surface area (Å²) in [6.45, 7) is 0. The summed E-state index contributed by atoms with van der Waals surface area (Å²) in [5.74, 6) is -0.179. The van der Waals surface area contributed by atoms with Crippen LogP contribution in [0.15, 0.2) is 28.7 Å². The smallest absolute Gasteiger partial charge is 0.177 e. The molecule has 0 unspecified atom stereocenters. The molecule has 0 saturated heterocycles. The summed E-state index contributed by atoms with van der Waals surface area (Å²) in [6, 6.07) is 7.51. The van der Waals surface area contributed by atoms with Crippen molar-refractivity contribution in [1.82, 2.24) is 0 Å². The van der Waals surface area contributed by atoms with E-state index >= 15 is 0 Å². The molecule has 0 aromatic heterocycles. The molecule has 1 aromatic carbocycles. The first-order valence-corrected chi connectivity index (χ1v) is 4.30. The summed E-state index contributed by atoms with van der Waals surface area (Å²) in [6.07, 6.45) is 1.14. The zero-order valence-electron chi connectivity index (χ0n) is 6.38. The first kappa shape index (κ1) is 9.13. The maximum absolute atomic E-state index is 10.9. The molecule has 0 spiro atoms. The Morgan fingerprint density at radius 2 is 2.17 bits per heavy atom. The second-order valence-electron chi connectivity index (χ2n) is 2.38. The Kier molecular flexibility index (Phi) is 3.17. The molecule has 0 aliphatic rings. The number of Topliss-reactive ketones (excluding diaryl/α,β-unsaturated/α-hetero) is 1. The standard InChI is InChI=1S/C9H8BrNO/c10-9-4-2-1-3-7(9)5-8(12)6-11/h1-4,6,11H,5H2. The molecule has 0 radical (unpaired) electrons. The van der Waals surface area contributed by atoms with Crippen LogP contribution >= 0.6 is 15.9 Å². The van der Waals surface area contributed by atoms with Crippen LogP contribution in [0.3, 0.4) is 0 Å². The minimum atomic E-state index is -0.179. The maximum Gasteiger partial charge on any atom is 0.177 e. The normalized spacial score (nSPS) is 9.42. The molecule has 62 valence electrons. The van der Waals surface area contributed by atoms with E-state index in [1.165, 1.54) is 0 Å². The Balaban J connectivity index is 2.82. The molecule has 0 heterocycles. The van der Waals surface area contributed by atoms with Crippen molar-refractivity contribution in [2.75, 3.05) is 0 Å². The van der Waals surface area contributed by atoms with E-state index in [1.54, 1.807) is 0 Å². The van der Waals surface area contributed by atoms with Crippen molar-refractivity contribution in [2.24, 2.45) is 0 Å². The zero-order chi connectivity index (χ0) is 8.97. The number of carbonyl (C=O) groups excluding carboxylic acids is 1. The van der Waals surface area contributed by atoms with E-state index in [0.717, 1.165) is 16.3 Å². The Hall–Kier alpha value is -0.960. The lowest BCUT2D eigenvalue weighted by Gasteiger charge is -1.99. The molecule has 0 aliphatic heterocycles. The van der Waals surface area contributed by atoms with E-state index in [-0.39, 0.29) is 5.78 Å². The molecule has 1 aromatic rings. The maximum atomic E-state index is 10.9. The highest BCUT2D eigenvalue weighted by atomic mass is 79.9. The van der Waals surface area contributed by atoms with Crippen LogP contribution in [-0.2, 0) is 11.2 Å². The lowest BCUT2D eigenvalue weighted by Crippen LogP contribution is -2.03. The Bertz CT molecular complexity index is 309. The van der Waals surface area contributed by atoms with Crippen LogP contribution in [0, 0.1) is 5.41 Å². The third kappa shape index (κ3) is 2.27. The van der Waals surface area contributed by atoms with Crippen LogP contribution in [0.2, 0.25) is 0 Å². The van der Waals surface area contributed by atoms with Gasteiger partial charge in [-0.05, 0) is 11.6 Å². The molecule has 3 heteroatoms. The zero-order valence-corrected chi connectivity index (χ0v) is 7.97. The van der Waals surface area contributed by atoms with Gasteiger partial charge in [-0.15, -0.1) is 0 Å². The van der Waals surface area contributed by atoms with E-state index in [9.17, 15) is 4.79 Å². The van der Waals surface area contributed by atoms with Crippen LogP contribution in [-0.4, -0.2) is 12.0 Å². The monoisotopic (exact) mass is 225 g/mol.